The van der Waals surface area contributed by atoms with E-state index in [1.165, 1.54) is 11.6 Å². The molecule has 224 valence electrons. The number of rotatable bonds is 6. The Morgan fingerprint density at radius 1 is 1.05 bits per heavy atom. The molecule has 4 aromatic rings. The molecule has 0 bridgehead atoms. The molecule has 0 unspecified atom stereocenters. The van der Waals surface area contributed by atoms with Gasteiger partial charge in [-0.1, -0.05) is 6.07 Å². The zero-order chi connectivity index (χ0) is 31.2. The van der Waals surface area contributed by atoms with Crippen LogP contribution < -0.4 is 5.32 Å². The third-order valence-electron chi connectivity index (χ3n) is 7.46. The Hall–Kier alpha value is -4.20. The van der Waals surface area contributed by atoms with Crippen molar-refractivity contribution >= 4 is 50.2 Å². The first-order valence-electron chi connectivity index (χ1n) is 13.3. The van der Waals surface area contributed by atoms with Gasteiger partial charge >= 0.3 is 6.18 Å². The lowest BCUT2D eigenvalue weighted by Gasteiger charge is -2.24. The molecule has 0 aliphatic carbocycles. The van der Waals surface area contributed by atoms with Crippen molar-refractivity contribution in [1.82, 2.24) is 29.6 Å². The summed E-state index contributed by atoms with van der Waals surface area (Å²) < 4.78 is 43.2. The lowest BCUT2D eigenvalue weighted by molar-refractivity contribution is -0.171. The molecule has 14 heteroatoms. The first kappa shape index (κ1) is 30.3. The van der Waals surface area contributed by atoms with E-state index in [0.717, 1.165) is 10.5 Å². The fourth-order valence-electron chi connectivity index (χ4n) is 5.26. The minimum Gasteiger partial charge on any atom is -0.328 e. The molecule has 2 atom stereocenters. The van der Waals surface area contributed by atoms with Gasteiger partial charge in [-0.05, 0) is 78.0 Å². The van der Waals surface area contributed by atoms with Crippen molar-refractivity contribution in [1.29, 1.82) is 0 Å². The average molecular weight is 658 g/mol. The van der Waals surface area contributed by atoms with Crippen LogP contribution in [0.3, 0.4) is 0 Å². The number of aryl methyl sites for hydroxylation is 3. The van der Waals surface area contributed by atoms with Crippen LogP contribution in [0.5, 0.6) is 0 Å². The van der Waals surface area contributed by atoms with E-state index in [-0.39, 0.29) is 17.3 Å². The molecule has 4 heterocycles. The number of halogens is 4. The number of nitrogens with one attached hydrogen (secondary N) is 1. The van der Waals surface area contributed by atoms with Crippen molar-refractivity contribution in [2.45, 2.75) is 52.9 Å². The van der Waals surface area contributed by atoms with Crippen LogP contribution in [0.4, 0.5) is 19.0 Å². The van der Waals surface area contributed by atoms with Crippen LogP contribution in [-0.4, -0.2) is 66.0 Å². The molecule has 1 N–H and O–H groups in total. The van der Waals surface area contributed by atoms with E-state index in [1.807, 2.05) is 6.07 Å². The van der Waals surface area contributed by atoms with E-state index < -0.39 is 49.5 Å². The Morgan fingerprint density at radius 3 is 2.40 bits per heavy atom. The SMILES string of the molecule is CC(=O)c1nn(CC(=O)N2C[C@@H](C(F)(F)F)C[C@H]2C(=O)Nc2nc(Br)ccc2C)c2c(C)cc(-c3cnc(C)nc3)cc12. The number of benzene rings is 1. The van der Waals surface area contributed by atoms with Crippen LogP contribution >= 0.6 is 15.9 Å². The lowest BCUT2D eigenvalue weighted by Crippen LogP contribution is -2.44. The third-order valence-corrected chi connectivity index (χ3v) is 7.90. The van der Waals surface area contributed by atoms with E-state index >= 15 is 0 Å². The smallest absolute Gasteiger partial charge is 0.328 e. The number of ketones is 1. The molecule has 0 spiro atoms. The van der Waals surface area contributed by atoms with Crippen molar-refractivity contribution in [2.75, 3.05) is 11.9 Å². The van der Waals surface area contributed by atoms with Gasteiger partial charge in [0.1, 0.15) is 34.5 Å². The van der Waals surface area contributed by atoms with Crippen LogP contribution in [-0.2, 0) is 16.1 Å². The zero-order valence-electron chi connectivity index (χ0n) is 23.7. The molecule has 1 aliphatic rings. The number of hydrogen-bond donors (Lipinski definition) is 1. The number of alkyl halides is 3. The van der Waals surface area contributed by atoms with Crippen LogP contribution in [0.15, 0.2) is 41.3 Å². The third kappa shape index (κ3) is 6.14. The van der Waals surface area contributed by atoms with E-state index in [0.29, 0.717) is 38.0 Å². The summed E-state index contributed by atoms with van der Waals surface area (Å²) in [5.41, 5.74) is 3.33. The van der Waals surface area contributed by atoms with E-state index in [2.05, 4.69) is 41.3 Å². The molecule has 2 amide bonds. The zero-order valence-corrected chi connectivity index (χ0v) is 25.2. The van der Waals surface area contributed by atoms with Gasteiger partial charge in [-0.15, -0.1) is 0 Å². The van der Waals surface area contributed by atoms with Gasteiger partial charge in [-0.3, -0.25) is 19.1 Å². The number of likely N-dealkylation sites (tertiary alicyclic amines) is 1. The summed E-state index contributed by atoms with van der Waals surface area (Å²) in [6.45, 7) is 5.43. The van der Waals surface area contributed by atoms with Gasteiger partial charge in [0.05, 0.1) is 11.4 Å². The van der Waals surface area contributed by atoms with E-state index in [9.17, 15) is 27.6 Å². The molecule has 1 aliphatic heterocycles. The predicted molar refractivity (Wildman–Crippen MR) is 155 cm³/mol. The van der Waals surface area contributed by atoms with Crippen LogP contribution in [0.25, 0.3) is 22.0 Å². The van der Waals surface area contributed by atoms with Gasteiger partial charge in [-0.25, -0.2) is 15.0 Å². The molecule has 5 rings (SSSR count). The van der Waals surface area contributed by atoms with Gasteiger partial charge in [0.25, 0.3) is 0 Å². The van der Waals surface area contributed by atoms with Crippen LogP contribution in [0, 0.1) is 26.7 Å². The van der Waals surface area contributed by atoms with Crippen molar-refractivity contribution < 1.29 is 27.6 Å². The molecule has 0 radical (unpaired) electrons. The summed E-state index contributed by atoms with van der Waals surface area (Å²) in [7, 11) is 0. The highest BCUT2D eigenvalue weighted by Crippen LogP contribution is 2.38. The molecule has 3 aromatic heterocycles. The minimum atomic E-state index is -4.61. The van der Waals surface area contributed by atoms with Crippen LogP contribution in [0.1, 0.15) is 40.8 Å². The number of amides is 2. The van der Waals surface area contributed by atoms with Gasteiger partial charge < -0.3 is 10.2 Å². The summed E-state index contributed by atoms with van der Waals surface area (Å²) in [6, 6.07) is 5.56. The number of carbonyl (C=O) groups excluding carboxylic acids is 3. The summed E-state index contributed by atoms with van der Waals surface area (Å²) in [4.78, 5) is 53.0. The highest BCUT2D eigenvalue weighted by molar-refractivity contribution is 9.10. The number of pyridine rings is 1. The second-order valence-electron chi connectivity index (χ2n) is 10.6. The first-order chi connectivity index (χ1) is 20.2. The van der Waals surface area contributed by atoms with E-state index in [1.54, 1.807) is 51.4 Å². The maximum absolute atomic E-state index is 13.8. The second kappa shape index (κ2) is 11.5. The Bertz CT molecular complexity index is 1760. The molecule has 1 fully saturated rings. The largest absolute Gasteiger partial charge is 0.393 e. The Kier molecular flexibility index (Phi) is 8.07. The number of anilines is 1. The number of carbonyl (C=O) groups is 3. The number of hydrogen-bond acceptors (Lipinski definition) is 7. The van der Waals surface area contributed by atoms with Crippen molar-refractivity contribution in [2.24, 2.45) is 5.92 Å². The normalized spacial score (nSPS) is 17.0. The Morgan fingerprint density at radius 2 is 1.74 bits per heavy atom. The van der Waals surface area contributed by atoms with Crippen molar-refractivity contribution in [3.8, 4) is 11.1 Å². The van der Waals surface area contributed by atoms with E-state index in [4.69, 9.17) is 0 Å². The molecule has 1 saturated heterocycles. The number of nitrogens with zero attached hydrogens (tertiary/aromatic N) is 6. The number of fused-ring (bicyclic) bond motifs is 1. The van der Waals surface area contributed by atoms with Crippen molar-refractivity contribution in [3.63, 3.8) is 0 Å². The fourth-order valence-corrected chi connectivity index (χ4v) is 5.57. The summed E-state index contributed by atoms with van der Waals surface area (Å²) >= 11 is 3.22. The summed E-state index contributed by atoms with van der Waals surface area (Å²) in [5.74, 6) is -2.96. The first-order valence-corrected chi connectivity index (χ1v) is 14.1. The molecular formula is C29H27BrF3N7O3. The summed E-state index contributed by atoms with van der Waals surface area (Å²) in [6.07, 6.45) is -1.88. The highest BCUT2D eigenvalue weighted by atomic mass is 79.9. The second-order valence-corrected chi connectivity index (χ2v) is 11.4. The molecule has 10 nitrogen and oxygen atoms in total. The molecular weight excluding hydrogens is 631 g/mol. The number of Topliss-reactive ketones (excluding diaryl/α,β-unsaturated/α-hetero) is 1. The minimum absolute atomic E-state index is 0.112. The number of aromatic nitrogens is 5. The molecule has 1 aromatic carbocycles. The van der Waals surface area contributed by atoms with Gasteiger partial charge in [0.2, 0.25) is 11.8 Å². The standard InChI is InChI=1S/C29H27BrF3N7O3/c1-14-5-6-23(30)36-27(14)37-28(43)22-9-20(29(31,32)33)12-39(22)24(42)13-40-26-15(2)7-18(19-10-34-17(4)35-11-19)8-21(26)25(38-40)16(3)41/h5-8,10-11,20,22H,9,12-13H2,1-4H3,(H,36,37,43)/t20-,22-/m0/s1. The topological polar surface area (TPSA) is 123 Å². The van der Waals surface area contributed by atoms with Gasteiger partial charge in [0.15, 0.2) is 5.78 Å². The van der Waals surface area contributed by atoms with Gasteiger partial charge in [0, 0.05) is 36.8 Å². The molecule has 43 heavy (non-hydrogen) atoms. The predicted octanol–water partition coefficient (Wildman–Crippen LogP) is 5.20. The Balaban J connectivity index is 1.48. The average Bonchev–Trinajstić information content (AvgIpc) is 3.54. The maximum atomic E-state index is 13.8. The van der Waals surface area contributed by atoms with Crippen molar-refractivity contribution in [3.05, 3.63) is 63.9 Å². The van der Waals surface area contributed by atoms with Gasteiger partial charge in [-0.2, -0.15) is 18.3 Å². The lowest BCUT2D eigenvalue weighted by atomic mass is 10.0. The maximum Gasteiger partial charge on any atom is 0.393 e. The quantitative estimate of drug-likeness (QED) is 0.223. The molecule has 0 saturated carbocycles. The highest BCUT2D eigenvalue weighted by Gasteiger charge is 2.51. The fraction of sp³-hybridized carbons (Fsp3) is 0.345. The summed E-state index contributed by atoms with van der Waals surface area (Å²) in [5, 5.41) is 7.45. The van der Waals surface area contributed by atoms with Crippen LogP contribution in [0.2, 0.25) is 0 Å². The monoisotopic (exact) mass is 657 g/mol. The Labute approximate surface area is 252 Å².